The van der Waals surface area contributed by atoms with Crippen LogP contribution in [0.15, 0.2) is 36.7 Å². The molecule has 21 heavy (non-hydrogen) atoms. The molecule has 4 nitrogen and oxygen atoms in total. The van der Waals surface area contributed by atoms with Crippen molar-refractivity contribution >= 4 is 5.97 Å². The molecule has 0 amide bonds. The van der Waals surface area contributed by atoms with E-state index in [0.717, 1.165) is 18.5 Å². The van der Waals surface area contributed by atoms with Gasteiger partial charge in [0.05, 0.1) is 18.2 Å². The minimum Gasteiger partial charge on any atom is -0.497 e. The van der Waals surface area contributed by atoms with Crippen molar-refractivity contribution in [2.45, 2.75) is 6.18 Å². The van der Waals surface area contributed by atoms with E-state index in [1.165, 1.54) is 25.3 Å². The van der Waals surface area contributed by atoms with Gasteiger partial charge >= 0.3 is 12.1 Å². The molecule has 0 aliphatic rings. The number of rotatable bonds is 3. The first-order chi connectivity index (χ1) is 9.84. The summed E-state index contributed by atoms with van der Waals surface area (Å²) in [5, 5.41) is 9.18. The lowest BCUT2D eigenvalue weighted by Crippen LogP contribution is -2.09. The van der Waals surface area contributed by atoms with E-state index in [9.17, 15) is 23.1 Å². The summed E-state index contributed by atoms with van der Waals surface area (Å²) in [5.41, 5.74) is -1.58. The van der Waals surface area contributed by atoms with Crippen molar-refractivity contribution in [3.05, 3.63) is 47.8 Å². The molecule has 0 atom stereocenters. The zero-order chi connectivity index (χ0) is 15.6. The highest BCUT2D eigenvalue weighted by atomic mass is 19.4. The third kappa shape index (κ3) is 2.96. The third-order valence-corrected chi connectivity index (χ3v) is 2.87. The van der Waals surface area contributed by atoms with Gasteiger partial charge in [0.2, 0.25) is 0 Å². The van der Waals surface area contributed by atoms with Crippen molar-refractivity contribution in [1.82, 2.24) is 4.98 Å². The van der Waals surface area contributed by atoms with Gasteiger partial charge in [-0.05, 0) is 29.8 Å². The number of benzene rings is 1. The van der Waals surface area contributed by atoms with Crippen LogP contribution in [-0.2, 0) is 6.18 Å². The Morgan fingerprint density at radius 1 is 1.24 bits per heavy atom. The molecule has 1 N–H and O–H groups in total. The topological polar surface area (TPSA) is 59.4 Å². The average Bonchev–Trinajstić information content (AvgIpc) is 2.45. The molecule has 0 fully saturated rings. The van der Waals surface area contributed by atoms with Gasteiger partial charge in [-0.15, -0.1) is 0 Å². The fourth-order valence-corrected chi connectivity index (χ4v) is 1.92. The molecule has 0 saturated heterocycles. The van der Waals surface area contributed by atoms with Crippen LogP contribution in [0.25, 0.3) is 11.1 Å². The molecule has 1 aromatic carbocycles. The van der Waals surface area contributed by atoms with Gasteiger partial charge in [0, 0.05) is 18.0 Å². The molecule has 2 rings (SSSR count). The highest BCUT2D eigenvalue weighted by Crippen LogP contribution is 2.38. The number of carboxylic acids is 1. The number of halogens is 3. The number of carbonyl (C=O) groups is 1. The summed E-state index contributed by atoms with van der Waals surface area (Å²) >= 11 is 0. The number of alkyl halides is 3. The van der Waals surface area contributed by atoms with Crippen molar-refractivity contribution in [3.8, 4) is 16.9 Å². The zero-order valence-electron chi connectivity index (χ0n) is 10.8. The van der Waals surface area contributed by atoms with Crippen LogP contribution in [0, 0.1) is 0 Å². The van der Waals surface area contributed by atoms with Crippen LogP contribution < -0.4 is 4.74 Å². The second-order valence-corrected chi connectivity index (χ2v) is 4.14. The first-order valence-electron chi connectivity index (χ1n) is 5.77. The predicted octanol–water partition coefficient (Wildman–Crippen LogP) is 3.47. The summed E-state index contributed by atoms with van der Waals surface area (Å²) in [5.74, 6) is -1.10. The van der Waals surface area contributed by atoms with Crippen LogP contribution in [0.5, 0.6) is 5.75 Å². The summed E-state index contributed by atoms with van der Waals surface area (Å²) < 4.78 is 43.9. The zero-order valence-corrected chi connectivity index (χ0v) is 10.8. The number of nitrogens with zero attached hydrogens (tertiary/aromatic N) is 1. The van der Waals surface area contributed by atoms with Crippen LogP contribution in [0.4, 0.5) is 13.2 Å². The van der Waals surface area contributed by atoms with Crippen molar-refractivity contribution in [2.75, 3.05) is 7.11 Å². The molecule has 1 aromatic heterocycles. The number of hydrogen-bond acceptors (Lipinski definition) is 3. The van der Waals surface area contributed by atoms with Gasteiger partial charge in [0.15, 0.2) is 0 Å². The molecule has 0 saturated carbocycles. The number of pyridine rings is 1. The highest BCUT2D eigenvalue weighted by Gasteiger charge is 2.34. The molecule has 2 aromatic rings. The van der Waals surface area contributed by atoms with Gasteiger partial charge in [0.25, 0.3) is 0 Å². The third-order valence-electron chi connectivity index (χ3n) is 2.87. The Morgan fingerprint density at radius 2 is 1.95 bits per heavy atom. The summed E-state index contributed by atoms with van der Waals surface area (Å²) in [6, 6.07) is 4.65. The number of ether oxygens (including phenoxy) is 1. The van der Waals surface area contributed by atoms with Gasteiger partial charge < -0.3 is 9.84 Å². The molecular weight excluding hydrogens is 287 g/mol. The van der Waals surface area contributed by atoms with Crippen LogP contribution in [0.1, 0.15) is 15.9 Å². The quantitative estimate of drug-likeness (QED) is 0.942. The standard InChI is InChI=1S/C14H10F3NO3/c1-21-8-2-3-9(10(6-8)13(19)20)11-7-18-5-4-12(11)14(15,16)17/h2-7H,1H3,(H,19,20). The van der Waals surface area contributed by atoms with Crippen molar-refractivity contribution < 1.29 is 27.8 Å². The smallest absolute Gasteiger partial charge is 0.417 e. The fourth-order valence-electron chi connectivity index (χ4n) is 1.92. The summed E-state index contributed by atoms with van der Waals surface area (Å²) in [6.07, 6.45) is -2.60. The van der Waals surface area contributed by atoms with E-state index in [0.29, 0.717) is 0 Å². The fraction of sp³-hybridized carbons (Fsp3) is 0.143. The first kappa shape index (κ1) is 14.8. The number of hydrogen-bond donors (Lipinski definition) is 1. The number of aromatic carboxylic acids is 1. The Balaban J connectivity index is 2.71. The molecule has 110 valence electrons. The minimum atomic E-state index is -4.60. The highest BCUT2D eigenvalue weighted by molar-refractivity contribution is 5.97. The van der Waals surface area contributed by atoms with Crippen molar-refractivity contribution in [2.24, 2.45) is 0 Å². The summed E-state index contributed by atoms with van der Waals surface area (Å²) in [7, 11) is 1.34. The normalized spacial score (nSPS) is 11.2. The molecule has 0 aliphatic heterocycles. The largest absolute Gasteiger partial charge is 0.497 e. The SMILES string of the molecule is COc1ccc(-c2cnccc2C(F)(F)F)c(C(=O)O)c1. The lowest BCUT2D eigenvalue weighted by atomic mass is 9.96. The van der Waals surface area contributed by atoms with E-state index >= 15 is 0 Å². The van der Waals surface area contributed by atoms with Gasteiger partial charge in [-0.25, -0.2) is 4.79 Å². The number of carboxylic acid groups (broad SMARTS) is 1. The molecule has 0 aliphatic carbocycles. The van der Waals surface area contributed by atoms with E-state index < -0.39 is 17.7 Å². The summed E-state index contributed by atoms with van der Waals surface area (Å²) in [6.45, 7) is 0. The monoisotopic (exact) mass is 297 g/mol. The maximum Gasteiger partial charge on any atom is 0.417 e. The Kier molecular flexibility index (Phi) is 3.84. The molecule has 0 radical (unpaired) electrons. The van der Waals surface area contributed by atoms with Crippen molar-refractivity contribution in [3.63, 3.8) is 0 Å². The molecule has 7 heteroatoms. The van der Waals surface area contributed by atoms with Crippen LogP contribution in [0.2, 0.25) is 0 Å². The second kappa shape index (κ2) is 5.43. The molecule has 0 spiro atoms. The van der Waals surface area contributed by atoms with Gasteiger partial charge in [0.1, 0.15) is 5.75 Å². The Morgan fingerprint density at radius 3 is 2.52 bits per heavy atom. The number of aromatic nitrogens is 1. The Labute approximate surface area is 117 Å². The van der Waals surface area contributed by atoms with E-state index in [1.54, 1.807) is 0 Å². The van der Waals surface area contributed by atoms with Crippen LogP contribution >= 0.6 is 0 Å². The second-order valence-electron chi connectivity index (χ2n) is 4.14. The number of methoxy groups -OCH3 is 1. The summed E-state index contributed by atoms with van der Waals surface area (Å²) in [4.78, 5) is 14.9. The minimum absolute atomic E-state index is 0.0660. The predicted molar refractivity (Wildman–Crippen MR) is 68.2 cm³/mol. The van der Waals surface area contributed by atoms with E-state index in [2.05, 4.69) is 4.98 Å². The molecule has 0 bridgehead atoms. The van der Waals surface area contributed by atoms with Crippen LogP contribution in [0.3, 0.4) is 0 Å². The molecule has 1 heterocycles. The van der Waals surface area contributed by atoms with E-state index in [-0.39, 0.29) is 22.4 Å². The first-order valence-corrected chi connectivity index (χ1v) is 5.77. The maximum absolute atomic E-state index is 13.0. The molecule has 0 unspecified atom stereocenters. The Bertz CT molecular complexity index is 683. The lowest BCUT2D eigenvalue weighted by molar-refractivity contribution is -0.137. The van der Waals surface area contributed by atoms with Gasteiger partial charge in [-0.2, -0.15) is 13.2 Å². The lowest BCUT2D eigenvalue weighted by Gasteiger charge is -2.14. The van der Waals surface area contributed by atoms with Gasteiger partial charge in [-0.3, -0.25) is 4.98 Å². The van der Waals surface area contributed by atoms with Gasteiger partial charge in [-0.1, -0.05) is 0 Å². The van der Waals surface area contributed by atoms with Crippen LogP contribution in [-0.4, -0.2) is 23.2 Å². The Hall–Kier alpha value is -2.57. The maximum atomic E-state index is 13.0. The van der Waals surface area contributed by atoms with E-state index in [4.69, 9.17) is 4.74 Å². The van der Waals surface area contributed by atoms with E-state index in [1.807, 2.05) is 0 Å². The molecular formula is C14H10F3NO3. The van der Waals surface area contributed by atoms with Crippen molar-refractivity contribution in [1.29, 1.82) is 0 Å². The average molecular weight is 297 g/mol.